The average Bonchev–Trinajstić information content (AvgIpc) is 3.21. The van der Waals surface area contributed by atoms with Crippen LogP contribution in [0.2, 0.25) is 0 Å². The van der Waals surface area contributed by atoms with E-state index in [1.807, 2.05) is 72.1 Å². The smallest absolute Gasteiger partial charge is 0.339 e. The molecule has 6 nitrogen and oxygen atoms in total. The van der Waals surface area contributed by atoms with Crippen LogP contribution < -0.4 is 9.50 Å². The highest BCUT2D eigenvalue weighted by Crippen LogP contribution is 2.36. The maximum absolute atomic E-state index is 12.9. The zero-order chi connectivity index (χ0) is 23.5. The summed E-state index contributed by atoms with van der Waals surface area (Å²) in [4.78, 5) is 4.94. The lowest BCUT2D eigenvalue weighted by atomic mass is 10.1. The first-order chi connectivity index (χ1) is 16.5. The Kier molecular flexibility index (Phi) is 5.77. The highest BCUT2D eigenvalue weighted by atomic mass is 32.2. The third kappa shape index (κ3) is 4.38. The number of para-hydroxylation sites is 1. The summed E-state index contributed by atoms with van der Waals surface area (Å²) >= 11 is 0. The molecule has 0 amide bonds. The number of imidazole rings is 1. The molecule has 5 aromatic rings. The Morgan fingerprint density at radius 3 is 2.32 bits per heavy atom. The Morgan fingerprint density at radius 2 is 1.56 bits per heavy atom. The Balaban J connectivity index is 1.59. The summed E-state index contributed by atoms with van der Waals surface area (Å²) in [6, 6.07) is 29.2. The van der Waals surface area contributed by atoms with Gasteiger partial charge in [0.2, 0.25) is 0 Å². The number of rotatable bonds is 7. The fourth-order valence-corrected chi connectivity index (χ4v) is 4.74. The van der Waals surface area contributed by atoms with Crippen LogP contribution in [0.1, 0.15) is 11.1 Å². The van der Waals surface area contributed by atoms with E-state index in [9.17, 15) is 8.42 Å². The van der Waals surface area contributed by atoms with Gasteiger partial charge in [0.05, 0.1) is 0 Å². The first kappa shape index (κ1) is 21.7. The van der Waals surface area contributed by atoms with Gasteiger partial charge in [0.15, 0.2) is 5.75 Å². The zero-order valence-corrected chi connectivity index (χ0v) is 19.4. The van der Waals surface area contributed by atoms with Crippen LogP contribution in [0, 0.1) is 6.92 Å². The number of nitrogens with one attached hydrogen (secondary N) is 1. The van der Waals surface area contributed by atoms with Gasteiger partial charge in [-0.2, -0.15) is 8.42 Å². The molecular weight excluding hydrogens is 446 g/mol. The molecule has 170 valence electrons. The maximum Gasteiger partial charge on any atom is 0.339 e. The number of aryl methyl sites for hydroxylation is 1. The lowest BCUT2D eigenvalue weighted by Crippen LogP contribution is -2.10. The van der Waals surface area contributed by atoms with Gasteiger partial charge in [-0.1, -0.05) is 60.7 Å². The van der Waals surface area contributed by atoms with E-state index in [1.54, 1.807) is 30.3 Å². The first-order valence-corrected chi connectivity index (χ1v) is 12.3. The quantitative estimate of drug-likeness (QED) is 0.310. The van der Waals surface area contributed by atoms with Crippen LogP contribution in [-0.4, -0.2) is 17.8 Å². The predicted molar refractivity (Wildman–Crippen MR) is 133 cm³/mol. The zero-order valence-electron chi connectivity index (χ0n) is 18.5. The van der Waals surface area contributed by atoms with Crippen LogP contribution >= 0.6 is 0 Å². The van der Waals surface area contributed by atoms with E-state index in [2.05, 4.69) is 5.32 Å². The summed E-state index contributed by atoms with van der Waals surface area (Å²) in [5.74, 6) is 0.973. The van der Waals surface area contributed by atoms with Crippen molar-refractivity contribution in [3.8, 4) is 17.0 Å². The van der Waals surface area contributed by atoms with E-state index < -0.39 is 10.1 Å². The molecule has 1 N–H and O–H groups in total. The van der Waals surface area contributed by atoms with Crippen molar-refractivity contribution < 1.29 is 12.6 Å². The van der Waals surface area contributed by atoms with Crippen LogP contribution in [0.3, 0.4) is 0 Å². The molecule has 0 saturated heterocycles. The molecule has 5 rings (SSSR count). The molecule has 0 radical (unpaired) electrons. The number of anilines is 1. The monoisotopic (exact) mass is 469 g/mol. The topological polar surface area (TPSA) is 72.7 Å². The van der Waals surface area contributed by atoms with Crippen LogP contribution in [0.5, 0.6) is 5.75 Å². The SMILES string of the molecule is Cc1ccn2c(NCc3ccccc3)c(-c3ccccc3OS(=O)(=O)c3ccccc3)nc2c1. The predicted octanol–water partition coefficient (Wildman–Crippen LogP) is 5.69. The number of pyridine rings is 1. The molecule has 0 bridgehead atoms. The average molecular weight is 470 g/mol. The van der Waals surface area contributed by atoms with Gasteiger partial charge in [0, 0.05) is 18.3 Å². The molecule has 0 aliphatic heterocycles. The van der Waals surface area contributed by atoms with Gasteiger partial charge in [-0.15, -0.1) is 0 Å². The second-order valence-corrected chi connectivity index (χ2v) is 9.47. The summed E-state index contributed by atoms with van der Waals surface area (Å²) in [7, 11) is -4.00. The van der Waals surface area contributed by atoms with Gasteiger partial charge >= 0.3 is 10.1 Å². The minimum Gasteiger partial charge on any atom is -0.378 e. The number of hydrogen-bond donors (Lipinski definition) is 1. The standard InChI is InChI=1S/C27H23N3O3S/c1-20-16-17-30-25(18-20)29-26(27(30)28-19-21-10-4-2-5-11-21)23-14-8-9-15-24(23)33-34(31,32)22-12-6-3-7-13-22/h2-18,28H,19H2,1H3. The number of nitrogens with zero attached hydrogens (tertiary/aromatic N) is 2. The summed E-state index contributed by atoms with van der Waals surface area (Å²) in [6.07, 6.45) is 1.96. The molecule has 0 spiro atoms. The van der Waals surface area contributed by atoms with Crippen LogP contribution in [0.15, 0.2) is 108 Å². The van der Waals surface area contributed by atoms with E-state index in [4.69, 9.17) is 9.17 Å². The van der Waals surface area contributed by atoms with Crippen LogP contribution in [-0.2, 0) is 16.7 Å². The van der Waals surface area contributed by atoms with Gasteiger partial charge in [0.25, 0.3) is 0 Å². The fraction of sp³-hybridized carbons (Fsp3) is 0.0741. The van der Waals surface area contributed by atoms with Crippen LogP contribution in [0.4, 0.5) is 5.82 Å². The number of aromatic nitrogens is 2. The summed E-state index contributed by atoms with van der Waals surface area (Å²) in [6.45, 7) is 2.59. The van der Waals surface area contributed by atoms with Gasteiger partial charge < -0.3 is 9.50 Å². The van der Waals surface area contributed by atoms with E-state index in [0.29, 0.717) is 17.8 Å². The maximum atomic E-state index is 12.9. The lowest BCUT2D eigenvalue weighted by molar-refractivity contribution is 0.487. The molecule has 3 aromatic carbocycles. The molecular formula is C27H23N3O3S. The van der Waals surface area contributed by atoms with Crippen molar-refractivity contribution in [1.29, 1.82) is 0 Å². The number of hydrogen-bond acceptors (Lipinski definition) is 5. The third-order valence-electron chi connectivity index (χ3n) is 5.46. The molecule has 2 aromatic heterocycles. The largest absolute Gasteiger partial charge is 0.378 e. The molecule has 0 fully saturated rings. The van der Waals surface area contributed by atoms with Gasteiger partial charge in [-0.05, 0) is 54.4 Å². The van der Waals surface area contributed by atoms with E-state index in [-0.39, 0.29) is 10.6 Å². The molecule has 0 aliphatic carbocycles. The highest BCUT2D eigenvalue weighted by molar-refractivity contribution is 7.87. The Hall–Kier alpha value is -4.10. The van der Waals surface area contributed by atoms with Crippen LogP contribution in [0.25, 0.3) is 16.9 Å². The second-order valence-electron chi connectivity index (χ2n) is 7.93. The molecule has 34 heavy (non-hydrogen) atoms. The normalized spacial score (nSPS) is 11.4. The lowest BCUT2D eigenvalue weighted by Gasteiger charge is -2.13. The minimum atomic E-state index is -4.00. The van der Waals surface area contributed by atoms with Crippen molar-refractivity contribution in [2.75, 3.05) is 5.32 Å². The van der Waals surface area contributed by atoms with Gasteiger partial charge in [-0.3, -0.25) is 4.40 Å². The molecule has 0 atom stereocenters. The minimum absolute atomic E-state index is 0.0952. The fourth-order valence-electron chi connectivity index (χ4n) is 3.77. The van der Waals surface area contributed by atoms with Gasteiger partial charge in [-0.25, -0.2) is 4.98 Å². The molecule has 2 heterocycles. The summed E-state index contributed by atoms with van der Waals surface area (Å²) in [5.41, 5.74) is 4.15. The molecule has 0 unspecified atom stereocenters. The molecule has 0 saturated carbocycles. The van der Waals surface area contributed by atoms with E-state index in [0.717, 1.165) is 22.6 Å². The van der Waals surface area contributed by atoms with Crippen molar-refractivity contribution in [2.45, 2.75) is 18.4 Å². The molecule has 0 aliphatic rings. The molecule has 7 heteroatoms. The Labute approximate surface area is 198 Å². The van der Waals surface area contributed by atoms with E-state index >= 15 is 0 Å². The van der Waals surface area contributed by atoms with Crippen molar-refractivity contribution in [1.82, 2.24) is 9.38 Å². The van der Waals surface area contributed by atoms with Crippen molar-refractivity contribution in [3.63, 3.8) is 0 Å². The summed E-state index contributed by atoms with van der Waals surface area (Å²) in [5, 5.41) is 3.49. The van der Waals surface area contributed by atoms with Crippen molar-refractivity contribution >= 4 is 21.6 Å². The summed E-state index contributed by atoms with van der Waals surface area (Å²) < 4.78 is 33.4. The first-order valence-electron chi connectivity index (χ1n) is 10.9. The second kappa shape index (κ2) is 9.03. The number of fused-ring (bicyclic) bond motifs is 1. The van der Waals surface area contributed by atoms with Gasteiger partial charge in [0.1, 0.15) is 22.1 Å². The van der Waals surface area contributed by atoms with Crippen molar-refractivity contribution in [3.05, 3.63) is 114 Å². The van der Waals surface area contributed by atoms with Crippen molar-refractivity contribution in [2.24, 2.45) is 0 Å². The Morgan fingerprint density at radius 1 is 0.882 bits per heavy atom. The third-order valence-corrected chi connectivity index (χ3v) is 6.71. The number of benzene rings is 3. The highest BCUT2D eigenvalue weighted by Gasteiger charge is 2.22. The van der Waals surface area contributed by atoms with E-state index in [1.165, 1.54) is 12.1 Å². The Bertz CT molecular complexity index is 1550.